The molecule has 1 atom stereocenters. The van der Waals surface area contributed by atoms with Crippen LogP contribution >= 0.6 is 0 Å². The fraction of sp³-hybridized carbons (Fsp3) is 0.385. The van der Waals surface area contributed by atoms with Crippen LogP contribution in [0.5, 0.6) is 5.75 Å². The van der Waals surface area contributed by atoms with E-state index in [1.807, 2.05) is 12.3 Å². The Morgan fingerprint density at radius 3 is 2.88 bits per heavy atom. The highest BCUT2D eigenvalue weighted by atomic mass is 16.5. The number of hydrogen-bond donors (Lipinski definition) is 2. The highest BCUT2D eigenvalue weighted by Crippen LogP contribution is 2.29. The average molecular weight is 218 g/mol. The van der Waals surface area contributed by atoms with Gasteiger partial charge in [-0.15, -0.1) is 0 Å². The fourth-order valence-corrected chi connectivity index (χ4v) is 1.96. The second-order valence-corrected chi connectivity index (χ2v) is 4.07. The van der Waals surface area contributed by atoms with Gasteiger partial charge in [0.25, 0.3) is 0 Å². The molecule has 0 saturated carbocycles. The van der Waals surface area contributed by atoms with E-state index in [9.17, 15) is 0 Å². The van der Waals surface area contributed by atoms with Crippen molar-refractivity contribution in [1.82, 2.24) is 4.98 Å². The van der Waals surface area contributed by atoms with Crippen LogP contribution in [0.25, 0.3) is 10.9 Å². The zero-order chi connectivity index (χ0) is 11.5. The van der Waals surface area contributed by atoms with Gasteiger partial charge in [-0.1, -0.05) is 19.1 Å². The van der Waals surface area contributed by atoms with Gasteiger partial charge >= 0.3 is 0 Å². The van der Waals surface area contributed by atoms with Crippen LogP contribution in [0.3, 0.4) is 0 Å². The average Bonchev–Trinajstić information content (AvgIpc) is 2.76. The molecule has 3 nitrogen and oxygen atoms in total. The molecule has 1 aromatic heterocycles. The maximum Gasteiger partial charge on any atom is 0.146 e. The summed E-state index contributed by atoms with van der Waals surface area (Å²) in [4.78, 5) is 3.20. The molecule has 0 aliphatic rings. The Labute approximate surface area is 95.6 Å². The Morgan fingerprint density at radius 2 is 2.19 bits per heavy atom. The molecule has 0 aliphatic carbocycles. The first-order valence-corrected chi connectivity index (χ1v) is 5.64. The first kappa shape index (κ1) is 11.0. The van der Waals surface area contributed by atoms with E-state index in [1.54, 1.807) is 7.11 Å². The highest BCUT2D eigenvalue weighted by molar-refractivity contribution is 5.86. The number of methoxy groups -OCH3 is 1. The number of aromatic nitrogens is 1. The summed E-state index contributed by atoms with van der Waals surface area (Å²) in [5.41, 5.74) is 8.21. The van der Waals surface area contributed by atoms with Gasteiger partial charge < -0.3 is 15.5 Å². The van der Waals surface area contributed by atoms with Crippen LogP contribution in [-0.2, 0) is 6.42 Å². The predicted octanol–water partition coefficient (Wildman–Crippen LogP) is 2.46. The minimum Gasteiger partial charge on any atom is -0.494 e. The lowest BCUT2D eigenvalue weighted by Gasteiger charge is -2.13. The Kier molecular flexibility index (Phi) is 3.15. The van der Waals surface area contributed by atoms with Crippen LogP contribution in [-0.4, -0.2) is 18.1 Å². The molecule has 0 saturated heterocycles. The Balaban J connectivity index is 2.43. The highest BCUT2D eigenvalue weighted by Gasteiger charge is 2.11. The first-order valence-electron chi connectivity index (χ1n) is 5.64. The lowest BCUT2D eigenvalue weighted by atomic mass is 10.0. The van der Waals surface area contributed by atoms with Crippen molar-refractivity contribution >= 4 is 10.9 Å². The molecule has 2 rings (SSSR count). The zero-order valence-electron chi connectivity index (χ0n) is 9.79. The summed E-state index contributed by atoms with van der Waals surface area (Å²) in [6, 6.07) is 6.44. The summed E-state index contributed by atoms with van der Waals surface area (Å²) in [5.74, 6) is 0.923. The molecule has 0 aliphatic heterocycles. The molecule has 0 spiro atoms. The topological polar surface area (TPSA) is 51.0 Å². The maximum absolute atomic E-state index is 5.98. The van der Waals surface area contributed by atoms with Crippen molar-refractivity contribution < 1.29 is 4.74 Å². The number of H-pyrrole nitrogens is 1. The van der Waals surface area contributed by atoms with Crippen LogP contribution in [0.15, 0.2) is 24.4 Å². The van der Waals surface area contributed by atoms with E-state index in [0.717, 1.165) is 24.1 Å². The van der Waals surface area contributed by atoms with Crippen LogP contribution in [0.2, 0.25) is 0 Å². The Morgan fingerprint density at radius 1 is 1.38 bits per heavy atom. The molecule has 3 N–H and O–H groups in total. The first-order chi connectivity index (χ1) is 7.76. The van der Waals surface area contributed by atoms with Crippen molar-refractivity contribution in [1.29, 1.82) is 0 Å². The molecule has 1 heterocycles. The van der Waals surface area contributed by atoms with E-state index < -0.39 is 0 Å². The largest absolute Gasteiger partial charge is 0.494 e. The number of rotatable bonds is 4. The number of hydrogen-bond acceptors (Lipinski definition) is 2. The maximum atomic E-state index is 5.98. The SMILES string of the molecule is CCC(N)Cc1ccc2cc[nH]c2c1OC. The van der Waals surface area contributed by atoms with Gasteiger partial charge in [-0.05, 0) is 24.5 Å². The van der Waals surface area contributed by atoms with E-state index >= 15 is 0 Å². The minimum absolute atomic E-state index is 0.196. The standard InChI is InChI=1S/C13H18N2O/c1-3-11(14)8-10-5-4-9-6-7-15-12(9)13(10)16-2/h4-7,11,15H,3,8,14H2,1-2H3. The third-order valence-electron chi connectivity index (χ3n) is 2.97. The number of benzene rings is 1. The van der Waals surface area contributed by atoms with Gasteiger partial charge in [-0.3, -0.25) is 0 Å². The molecule has 0 amide bonds. The molecular formula is C13H18N2O. The van der Waals surface area contributed by atoms with Gasteiger partial charge in [0.1, 0.15) is 5.75 Å². The summed E-state index contributed by atoms with van der Waals surface area (Å²) in [6.45, 7) is 2.10. The van der Waals surface area contributed by atoms with Crippen molar-refractivity contribution in [3.8, 4) is 5.75 Å². The summed E-state index contributed by atoms with van der Waals surface area (Å²) in [7, 11) is 1.70. The van der Waals surface area contributed by atoms with Gasteiger partial charge in [-0.2, -0.15) is 0 Å². The third-order valence-corrected chi connectivity index (χ3v) is 2.97. The number of aromatic amines is 1. The van der Waals surface area contributed by atoms with E-state index in [-0.39, 0.29) is 6.04 Å². The van der Waals surface area contributed by atoms with Gasteiger partial charge in [0.2, 0.25) is 0 Å². The van der Waals surface area contributed by atoms with E-state index in [4.69, 9.17) is 10.5 Å². The Bertz CT molecular complexity index is 476. The van der Waals surface area contributed by atoms with Gasteiger partial charge in [0.15, 0.2) is 0 Å². The second kappa shape index (κ2) is 4.58. The summed E-state index contributed by atoms with van der Waals surface area (Å²) < 4.78 is 5.48. The predicted molar refractivity (Wildman–Crippen MR) is 66.8 cm³/mol. The molecule has 0 radical (unpaired) electrons. The summed E-state index contributed by atoms with van der Waals surface area (Å²) >= 11 is 0. The molecule has 3 heteroatoms. The quantitative estimate of drug-likeness (QED) is 0.828. The summed E-state index contributed by atoms with van der Waals surface area (Å²) in [6.07, 6.45) is 3.76. The number of nitrogens with two attached hydrogens (primary N) is 1. The van der Waals surface area contributed by atoms with Crippen LogP contribution in [0.4, 0.5) is 0 Å². The normalized spacial score (nSPS) is 12.9. The molecule has 2 aromatic rings. The van der Waals surface area contributed by atoms with Gasteiger partial charge in [-0.25, -0.2) is 0 Å². The molecule has 1 aromatic carbocycles. The van der Waals surface area contributed by atoms with Crippen LogP contribution < -0.4 is 10.5 Å². The zero-order valence-corrected chi connectivity index (χ0v) is 9.79. The molecule has 0 bridgehead atoms. The van der Waals surface area contributed by atoms with Gasteiger partial charge in [0, 0.05) is 17.6 Å². The van der Waals surface area contributed by atoms with E-state index in [1.165, 1.54) is 10.9 Å². The molecule has 0 fully saturated rings. The van der Waals surface area contributed by atoms with Gasteiger partial charge in [0.05, 0.1) is 12.6 Å². The van der Waals surface area contributed by atoms with Crippen molar-refractivity contribution in [2.75, 3.05) is 7.11 Å². The summed E-state index contributed by atoms with van der Waals surface area (Å²) in [5, 5.41) is 1.17. The molecule has 1 unspecified atom stereocenters. The second-order valence-electron chi connectivity index (χ2n) is 4.07. The van der Waals surface area contributed by atoms with Crippen molar-refractivity contribution in [2.45, 2.75) is 25.8 Å². The van der Waals surface area contributed by atoms with E-state index in [2.05, 4.69) is 24.0 Å². The van der Waals surface area contributed by atoms with Crippen LogP contribution in [0, 0.1) is 0 Å². The number of fused-ring (bicyclic) bond motifs is 1. The number of ether oxygens (including phenoxy) is 1. The van der Waals surface area contributed by atoms with Crippen molar-refractivity contribution in [3.63, 3.8) is 0 Å². The van der Waals surface area contributed by atoms with Crippen LogP contribution in [0.1, 0.15) is 18.9 Å². The monoisotopic (exact) mass is 218 g/mol. The molecule has 16 heavy (non-hydrogen) atoms. The minimum atomic E-state index is 0.196. The van der Waals surface area contributed by atoms with Crippen molar-refractivity contribution in [3.05, 3.63) is 30.0 Å². The lowest BCUT2D eigenvalue weighted by Crippen LogP contribution is -2.21. The third kappa shape index (κ3) is 1.91. The lowest BCUT2D eigenvalue weighted by molar-refractivity contribution is 0.412. The number of nitrogens with one attached hydrogen (secondary N) is 1. The van der Waals surface area contributed by atoms with Crippen molar-refractivity contribution in [2.24, 2.45) is 5.73 Å². The molecule has 86 valence electrons. The van der Waals surface area contributed by atoms with E-state index in [0.29, 0.717) is 0 Å². The fourth-order valence-electron chi connectivity index (χ4n) is 1.96. The smallest absolute Gasteiger partial charge is 0.146 e. The Hall–Kier alpha value is -1.48. The molecular weight excluding hydrogens is 200 g/mol.